The number of carbonyl (C=O) groups is 1. The molecule has 5 nitrogen and oxygen atoms in total. The van der Waals surface area contributed by atoms with Crippen molar-refractivity contribution in [2.24, 2.45) is 0 Å². The molecule has 1 aliphatic heterocycles. The summed E-state index contributed by atoms with van der Waals surface area (Å²) < 4.78 is 41.0. The zero-order chi connectivity index (χ0) is 19.1. The third-order valence-electron chi connectivity index (χ3n) is 4.68. The minimum Gasteiger partial charge on any atom is -0.349 e. The van der Waals surface area contributed by atoms with Crippen molar-refractivity contribution in [3.8, 4) is 0 Å². The number of hydrogen-bond acceptors (Lipinski definition) is 3. The number of nitrogens with one attached hydrogen (secondary N) is 2. The number of fused-ring (bicyclic) bond motifs is 1. The van der Waals surface area contributed by atoms with E-state index in [0.29, 0.717) is 17.1 Å². The minimum absolute atomic E-state index is 0.0633. The maximum atomic E-state index is 13.3. The van der Waals surface area contributed by atoms with Crippen molar-refractivity contribution in [2.75, 3.05) is 6.54 Å². The maximum absolute atomic E-state index is 13.3. The molecule has 0 radical (unpaired) electrons. The van der Waals surface area contributed by atoms with Crippen molar-refractivity contribution < 1.29 is 18.0 Å². The van der Waals surface area contributed by atoms with Gasteiger partial charge in [-0.25, -0.2) is 4.98 Å². The Kier molecular flexibility index (Phi) is 4.96. The molecule has 1 fully saturated rings. The zero-order valence-corrected chi connectivity index (χ0v) is 15.0. The summed E-state index contributed by atoms with van der Waals surface area (Å²) in [6.45, 7) is 6.24. The molecule has 2 N–H and O–H groups in total. The van der Waals surface area contributed by atoms with E-state index in [-0.39, 0.29) is 17.5 Å². The van der Waals surface area contributed by atoms with Crippen LogP contribution in [-0.4, -0.2) is 34.1 Å². The summed E-state index contributed by atoms with van der Waals surface area (Å²) in [5, 5.41) is 6.28. The fraction of sp³-hybridized carbons (Fsp3) is 0.556. The maximum Gasteiger partial charge on any atom is 0.449 e. The van der Waals surface area contributed by atoms with E-state index in [1.165, 1.54) is 12.1 Å². The van der Waals surface area contributed by atoms with Gasteiger partial charge in [-0.2, -0.15) is 13.2 Å². The van der Waals surface area contributed by atoms with E-state index in [2.05, 4.69) is 22.5 Å². The van der Waals surface area contributed by atoms with Crippen molar-refractivity contribution in [3.63, 3.8) is 0 Å². The first-order valence-corrected chi connectivity index (χ1v) is 8.80. The standard InChI is InChI=1S/C18H23F3N4O/c1-10(2)25-15-5-4-12(9-14(15)24-17(25)18(19,20)21)16(26)23-13-6-7-22-11(3)8-13/h4-5,9-11,13,22H,6-8H2,1-3H3,(H,23,26). The van der Waals surface area contributed by atoms with Crippen LogP contribution in [0.25, 0.3) is 11.0 Å². The lowest BCUT2D eigenvalue weighted by Crippen LogP contribution is -2.46. The molecule has 26 heavy (non-hydrogen) atoms. The molecule has 2 aromatic rings. The van der Waals surface area contributed by atoms with Gasteiger partial charge in [-0.3, -0.25) is 4.79 Å². The number of carbonyl (C=O) groups excluding carboxylic acids is 1. The van der Waals surface area contributed by atoms with Gasteiger partial charge in [0.25, 0.3) is 5.91 Å². The van der Waals surface area contributed by atoms with Crippen LogP contribution in [-0.2, 0) is 6.18 Å². The molecular weight excluding hydrogens is 345 g/mol. The van der Waals surface area contributed by atoms with Crippen LogP contribution in [0.15, 0.2) is 18.2 Å². The van der Waals surface area contributed by atoms with E-state index in [1.807, 2.05) is 0 Å². The first-order valence-electron chi connectivity index (χ1n) is 8.80. The zero-order valence-electron chi connectivity index (χ0n) is 15.0. The average Bonchev–Trinajstić information content (AvgIpc) is 2.93. The Morgan fingerprint density at radius 2 is 2.12 bits per heavy atom. The number of benzene rings is 1. The predicted octanol–water partition coefficient (Wildman–Crippen LogP) is 3.51. The Morgan fingerprint density at radius 1 is 1.38 bits per heavy atom. The highest BCUT2D eigenvalue weighted by Crippen LogP contribution is 2.33. The topological polar surface area (TPSA) is 59.0 Å². The van der Waals surface area contributed by atoms with Crippen molar-refractivity contribution in [2.45, 2.75) is 57.9 Å². The number of rotatable bonds is 3. The number of aromatic nitrogens is 2. The molecule has 2 heterocycles. The fourth-order valence-electron chi connectivity index (χ4n) is 3.49. The molecule has 3 rings (SSSR count). The second-order valence-corrected chi connectivity index (χ2v) is 7.15. The quantitative estimate of drug-likeness (QED) is 0.872. The van der Waals surface area contributed by atoms with Gasteiger partial charge in [0.2, 0.25) is 5.82 Å². The number of piperidine rings is 1. The number of nitrogens with zero attached hydrogens (tertiary/aromatic N) is 2. The van der Waals surface area contributed by atoms with E-state index in [9.17, 15) is 18.0 Å². The number of amides is 1. The number of halogens is 3. The SMILES string of the molecule is CC1CC(NC(=O)c2ccc3c(c2)nc(C(F)(F)F)n3C(C)C)CCN1. The van der Waals surface area contributed by atoms with Crippen LogP contribution in [0.3, 0.4) is 0 Å². The van der Waals surface area contributed by atoms with Gasteiger partial charge in [0.1, 0.15) is 0 Å². The molecule has 0 spiro atoms. The summed E-state index contributed by atoms with van der Waals surface area (Å²) in [5.74, 6) is -1.22. The highest BCUT2D eigenvalue weighted by molar-refractivity contribution is 5.97. The lowest BCUT2D eigenvalue weighted by atomic mass is 10.00. The van der Waals surface area contributed by atoms with E-state index >= 15 is 0 Å². The summed E-state index contributed by atoms with van der Waals surface area (Å²) in [6, 6.07) is 4.53. The number of hydrogen-bond donors (Lipinski definition) is 2. The summed E-state index contributed by atoms with van der Waals surface area (Å²) in [6.07, 6.45) is -2.89. The molecule has 1 aliphatic rings. The largest absolute Gasteiger partial charge is 0.449 e. The number of imidazole rings is 1. The van der Waals surface area contributed by atoms with Crippen LogP contribution >= 0.6 is 0 Å². The second kappa shape index (κ2) is 6.90. The van der Waals surface area contributed by atoms with E-state index in [4.69, 9.17) is 0 Å². The molecule has 0 bridgehead atoms. The molecule has 0 saturated carbocycles. The van der Waals surface area contributed by atoms with Gasteiger partial charge >= 0.3 is 6.18 Å². The first kappa shape index (κ1) is 18.7. The Morgan fingerprint density at radius 3 is 2.73 bits per heavy atom. The van der Waals surface area contributed by atoms with Gasteiger partial charge in [0.05, 0.1) is 11.0 Å². The van der Waals surface area contributed by atoms with Crippen LogP contribution in [0, 0.1) is 0 Å². The fourth-order valence-corrected chi connectivity index (χ4v) is 3.49. The Bertz CT molecular complexity index is 813. The van der Waals surface area contributed by atoms with Gasteiger partial charge in [0.15, 0.2) is 0 Å². The summed E-state index contributed by atoms with van der Waals surface area (Å²) in [7, 11) is 0. The second-order valence-electron chi connectivity index (χ2n) is 7.15. The first-order chi connectivity index (χ1) is 12.2. The Labute approximate surface area is 150 Å². The van der Waals surface area contributed by atoms with Gasteiger partial charge in [0, 0.05) is 23.7 Å². The van der Waals surface area contributed by atoms with Crippen molar-refractivity contribution >= 4 is 16.9 Å². The molecule has 0 aliphatic carbocycles. The summed E-state index contributed by atoms with van der Waals surface area (Å²) in [4.78, 5) is 16.3. The van der Waals surface area contributed by atoms with E-state index < -0.39 is 18.0 Å². The van der Waals surface area contributed by atoms with Gasteiger partial charge in [-0.05, 0) is 58.4 Å². The third kappa shape index (κ3) is 3.70. The molecule has 2 atom stereocenters. The monoisotopic (exact) mass is 368 g/mol. The summed E-state index contributed by atoms with van der Waals surface area (Å²) >= 11 is 0. The molecule has 1 aromatic heterocycles. The van der Waals surface area contributed by atoms with Crippen molar-refractivity contribution in [1.29, 1.82) is 0 Å². The molecule has 1 saturated heterocycles. The van der Waals surface area contributed by atoms with Gasteiger partial charge in [-0.1, -0.05) is 0 Å². The van der Waals surface area contributed by atoms with E-state index in [0.717, 1.165) is 24.0 Å². The minimum atomic E-state index is -4.54. The normalized spacial score (nSPS) is 21.3. The van der Waals surface area contributed by atoms with Crippen LogP contribution in [0.1, 0.15) is 55.8 Å². The Balaban J connectivity index is 1.90. The lowest BCUT2D eigenvalue weighted by molar-refractivity contribution is -0.147. The van der Waals surface area contributed by atoms with Crippen molar-refractivity contribution in [1.82, 2.24) is 20.2 Å². The van der Waals surface area contributed by atoms with Crippen LogP contribution in [0.4, 0.5) is 13.2 Å². The molecule has 2 unspecified atom stereocenters. The third-order valence-corrected chi connectivity index (χ3v) is 4.68. The molecule has 1 amide bonds. The average molecular weight is 368 g/mol. The van der Waals surface area contributed by atoms with Crippen molar-refractivity contribution in [3.05, 3.63) is 29.6 Å². The predicted molar refractivity (Wildman–Crippen MR) is 93.1 cm³/mol. The Hall–Kier alpha value is -2.09. The van der Waals surface area contributed by atoms with Gasteiger partial charge < -0.3 is 15.2 Å². The van der Waals surface area contributed by atoms with Crippen LogP contribution < -0.4 is 10.6 Å². The lowest BCUT2D eigenvalue weighted by Gasteiger charge is -2.28. The number of alkyl halides is 3. The molecule has 1 aromatic carbocycles. The van der Waals surface area contributed by atoms with Crippen LogP contribution in [0.2, 0.25) is 0 Å². The molecule has 8 heteroatoms. The highest BCUT2D eigenvalue weighted by Gasteiger charge is 2.38. The van der Waals surface area contributed by atoms with E-state index in [1.54, 1.807) is 19.9 Å². The molecule has 142 valence electrons. The van der Waals surface area contributed by atoms with Crippen LogP contribution in [0.5, 0.6) is 0 Å². The molecular formula is C18H23F3N4O. The van der Waals surface area contributed by atoms with Gasteiger partial charge in [-0.15, -0.1) is 0 Å². The highest BCUT2D eigenvalue weighted by atomic mass is 19.4. The smallest absolute Gasteiger partial charge is 0.349 e. The summed E-state index contributed by atoms with van der Waals surface area (Å²) in [5.41, 5.74) is 0.877.